The summed E-state index contributed by atoms with van der Waals surface area (Å²) in [7, 11) is 0. The first kappa shape index (κ1) is 9.96. The molecule has 0 nitrogen and oxygen atoms in total. The number of hydrogen-bond donors (Lipinski definition) is 0. The fourth-order valence-electron chi connectivity index (χ4n) is 0.144. The van der Waals surface area contributed by atoms with Gasteiger partial charge in [-0.05, 0) is 0 Å². The van der Waals surface area contributed by atoms with Crippen molar-refractivity contribution in [3.63, 3.8) is 0 Å². The van der Waals surface area contributed by atoms with Crippen LogP contribution in [0.4, 0.5) is 0 Å². The Bertz CT molecular complexity index is 28.7. The molecule has 0 aliphatic rings. The van der Waals surface area contributed by atoms with Crippen molar-refractivity contribution in [2.75, 3.05) is 0 Å². The van der Waals surface area contributed by atoms with Crippen molar-refractivity contribution in [3.8, 4) is 0 Å². The van der Waals surface area contributed by atoms with Gasteiger partial charge in [-0.15, -0.1) is 17.0 Å². The fraction of sp³-hybridized carbons (Fsp3) is 0.500. The first-order valence-corrected chi connectivity index (χ1v) is 3.91. The first-order chi connectivity index (χ1) is 2.41. The summed E-state index contributed by atoms with van der Waals surface area (Å²) in [6, 6.07) is 0. The van der Waals surface area contributed by atoms with Gasteiger partial charge in [-0.25, -0.2) is 0 Å². The molecule has 6 heavy (non-hydrogen) atoms. The minimum atomic E-state index is 0. The monoisotopic (exact) mass is 199 g/mol. The minimum absolute atomic E-state index is 0. The van der Waals surface area contributed by atoms with Crippen molar-refractivity contribution < 1.29 is 18.3 Å². The predicted molar refractivity (Wildman–Crippen MR) is 29.9 cm³/mol. The zero-order valence-corrected chi connectivity index (χ0v) is 8.49. The van der Waals surface area contributed by atoms with Crippen LogP contribution in [0, 0.1) is 0 Å². The van der Waals surface area contributed by atoms with Gasteiger partial charge in [-0.1, -0.05) is 0 Å². The predicted octanol–water partition coefficient (Wildman–Crippen LogP) is 2.11. The first-order valence-electron chi connectivity index (χ1n) is 1.82. The molecular weight excluding hydrogens is 193 g/mol. The van der Waals surface area contributed by atoms with Gasteiger partial charge in [0.15, 0.2) is 0 Å². The molecule has 0 aromatic carbocycles. The van der Waals surface area contributed by atoms with Crippen LogP contribution in [0.25, 0.3) is 0 Å². The van der Waals surface area contributed by atoms with Crippen molar-refractivity contribution in [2.45, 2.75) is 11.4 Å². The van der Waals surface area contributed by atoms with Crippen LogP contribution in [-0.2, 0) is 18.3 Å². The third-order valence-corrected chi connectivity index (χ3v) is 1.26. The normalized spacial score (nSPS) is 6.33. The molecule has 0 rings (SSSR count). The molecule has 0 aromatic heterocycles. The zero-order valence-electron chi connectivity index (χ0n) is 3.81. The van der Waals surface area contributed by atoms with E-state index in [1.54, 1.807) is 0 Å². The Morgan fingerprint density at radius 2 is 2.17 bits per heavy atom. The molecule has 0 heterocycles. The van der Waals surface area contributed by atoms with Crippen molar-refractivity contribution in [3.05, 3.63) is 12.7 Å². The van der Waals surface area contributed by atoms with Crippen molar-refractivity contribution in [1.82, 2.24) is 0 Å². The van der Waals surface area contributed by atoms with Gasteiger partial charge in [-0.3, -0.25) is 0 Å². The maximum atomic E-state index is 3.57. The van der Waals surface area contributed by atoms with Gasteiger partial charge in [-0.2, -0.15) is 0 Å². The SMILES string of the molecule is Br.C=CC[CH2][Zn]. The second-order valence-corrected chi connectivity index (χ2v) is 2.41. The molecule has 0 aliphatic heterocycles. The summed E-state index contributed by atoms with van der Waals surface area (Å²) in [4.78, 5) is 0. The molecule has 0 radical (unpaired) electrons. The summed E-state index contributed by atoms with van der Waals surface area (Å²) in [6.45, 7) is 3.57. The Morgan fingerprint density at radius 3 is 2.17 bits per heavy atom. The summed E-state index contributed by atoms with van der Waals surface area (Å²) in [6.07, 6.45) is 3.17. The van der Waals surface area contributed by atoms with Crippen LogP contribution in [0.15, 0.2) is 12.7 Å². The average Bonchev–Trinajstić information content (AvgIpc) is 1.41. The van der Waals surface area contributed by atoms with E-state index in [9.17, 15) is 0 Å². The third-order valence-electron chi connectivity index (χ3n) is 0.408. The van der Waals surface area contributed by atoms with E-state index < -0.39 is 0 Å². The van der Waals surface area contributed by atoms with Crippen LogP contribution < -0.4 is 0 Å². The Balaban J connectivity index is 0. The maximum absolute atomic E-state index is 3.57. The summed E-state index contributed by atoms with van der Waals surface area (Å²) < 4.78 is 0. The van der Waals surface area contributed by atoms with Crippen LogP contribution in [-0.4, -0.2) is 0 Å². The third kappa shape index (κ3) is 8.85. The van der Waals surface area contributed by atoms with E-state index >= 15 is 0 Å². The molecule has 2 heteroatoms. The van der Waals surface area contributed by atoms with Crippen molar-refractivity contribution in [1.29, 1.82) is 0 Å². The number of hydrogen-bond acceptors (Lipinski definition) is 0. The molecule has 0 N–H and O–H groups in total. The van der Waals surface area contributed by atoms with Gasteiger partial charge < -0.3 is 0 Å². The Labute approximate surface area is 59.5 Å². The number of halogens is 1. The molecule has 0 atom stereocenters. The van der Waals surface area contributed by atoms with E-state index in [-0.39, 0.29) is 17.0 Å². The van der Waals surface area contributed by atoms with Crippen LogP contribution in [0.2, 0.25) is 5.02 Å². The molecule has 0 saturated heterocycles. The van der Waals surface area contributed by atoms with Gasteiger partial charge in [0.2, 0.25) is 0 Å². The molecule has 0 unspecified atom stereocenters. The van der Waals surface area contributed by atoms with E-state index in [2.05, 4.69) is 6.58 Å². The summed E-state index contributed by atoms with van der Waals surface area (Å²) in [5.41, 5.74) is 0. The van der Waals surface area contributed by atoms with E-state index in [0.717, 1.165) is 0 Å². The average molecular weight is 201 g/mol. The number of rotatable bonds is 2. The second kappa shape index (κ2) is 9.28. The standard InChI is InChI=1S/C4H7.BrH.Zn/c1-3-4-2;;/h3H,1-2,4H2;1H;. The van der Waals surface area contributed by atoms with Crippen LogP contribution >= 0.6 is 17.0 Å². The van der Waals surface area contributed by atoms with Gasteiger partial charge in [0.1, 0.15) is 0 Å². The molecule has 0 spiro atoms. The Kier molecular flexibility index (Phi) is 15.4. The van der Waals surface area contributed by atoms with Crippen LogP contribution in [0.3, 0.4) is 0 Å². The van der Waals surface area contributed by atoms with E-state index in [1.165, 1.54) is 29.7 Å². The fourth-order valence-corrected chi connectivity index (χ4v) is 0.750. The van der Waals surface area contributed by atoms with E-state index in [4.69, 9.17) is 0 Å². The van der Waals surface area contributed by atoms with Gasteiger partial charge in [0.05, 0.1) is 0 Å². The Morgan fingerprint density at radius 1 is 1.67 bits per heavy atom. The van der Waals surface area contributed by atoms with Crippen molar-refractivity contribution >= 4 is 17.0 Å². The zero-order chi connectivity index (χ0) is 4.12. The molecule has 0 fully saturated rings. The second-order valence-electron chi connectivity index (χ2n) is 0.931. The topological polar surface area (TPSA) is 0 Å². The molecule has 0 aromatic rings. The molecule has 0 amide bonds. The van der Waals surface area contributed by atoms with Gasteiger partial charge in [0, 0.05) is 0 Å². The molecular formula is C4H8BrZn. The summed E-state index contributed by atoms with van der Waals surface area (Å²) in [5, 5.41) is 1.35. The molecule has 33 valence electrons. The van der Waals surface area contributed by atoms with Crippen molar-refractivity contribution in [2.24, 2.45) is 0 Å². The van der Waals surface area contributed by atoms with E-state index in [0.29, 0.717) is 0 Å². The molecule has 0 saturated carbocycles. The Hall–Kier alpha value is 0.843. The van der Waals surface area contributed by atoms with Gasteiger partial charge >= 0.3 is 42.4 Å². The molecule has 0 aliphatic carbocycles. The summed E-state index contributed by atoms with van der Waals surface area (Å²) in [5.74, 6) is 0. The van der Waals surface area contributed by atoms with Crippen LogP contribution in [0.5, 0.6) is 0 Å². The molecule has 0 bridgehead atoms. The van der Waals surface area contributed by atoms with E-state index in [1.807, 2.05) is 6.08 Å². The number of allylic oxidation sites excluding steroid dienone is 1. The van der Waals surface area contributed by atoms with Crippen LogP contribution in [0.1, 0.15) is 6.42 Å². The summed E-state index contributed by atoms with van der Waals surface area (Å²) >= 11 is 1.41. The van der Waals surface area contributed by atoms with Gasteiger partial charge in [0.25, 0.3) is 0 Å². The quantitative estimate of drug-likeness (QED) is 0.474.